The van der Waals surface area contributed by atoms with Crippen LogP contribution >= 0.6 is 0 Å². The number of amides is 2. The molecule has 1 fully saturated rings. The zero-order valence-electron chi connectivity index (χ0n) is 11.9. The Morgan fingerprint density at radius 2 is 1.78 bits per heavy atom. The van der Waals surface area contributed by atoms with Crippen molar-refractivity contribution in [2.45, 2.75) is 37.9 Å². The van der Waals surface area contributed by atoms with E-state index in [-0.39, 0.29) is 11.9 Å². The Kier molecular flexibility index (Phi) is 5.02. The van der Waals surface area contributed by atoms with Crippen molar-refractivity contribution in [3.05, 3.63) is 17.8 Å². The van der Waals surface area contributed by atoms with Gasteiger partial charge in [-0.1, -0.05) is 0 Å². The zero-order valence-corrected chi connectivity index (χ0v) is 11.9. The summed E-state index contributed by atoms with van der Waals surface area (Å²) in [6.07, 6.45) is -2.58. The van der Waals surface area contributed by atoms with Gasteiger partial charge in [0.2, 0.25) is 0 Å². The van der Waals surface area contributed by atoms with Gasteiger partial charge in [0, 0.05) is 6.04 Å². The molecule has 7 nitrogen and oxygen atoms in total. The van der Waals surface area contributed by atoms with Gasteiger partial charge in [-0.2, -0.15) is 13.2 Å². The summed E-state index contributed by atoms with van der Waals surface area (Å²) >= 11 is 0. The summed E-state index contributed by atoms with van der Waals surface area (Å²) in [4.78, 5) is 22.6. The van der Waals surface area contributed by atoms with E-state index in [1.54, 1.807) is 0 Å². The van der Waals surface area contributed by atoms with Crippen molar-refractivity contribution in [1.29, 1.82) is 0 Å². The molecule has 1 aliphatic rings. The number of carbonyl (C=O) groups is 2. The number of hydrogen-bond donors (Lipinski definition) is 3. The number of urea groups is 1. The number of nitrogens with zero attached hydrogens (tertiary/aromatic N) is 2. The predicted molar refractivity (Wildman–Crippen MR) is 72.6 cm³/mol. The number of alkyl halides is 3. The van der Waals surface area contributed by atoms with E-state index in [0.29, 0.717) is 25.7 Å². The van der Waals surface area contributed by atoms with E-state index in [0.717, 1.165) is 12.1 Å². The molecule has 23 heavy (non-hydrogen) atoms. The van der Waals surface area contributed by atoms with Gasteiger partial charge in [-0.3, -0.25) is 10.1 Å². The van der Waals surface area contributed by atoms with Gasteiger partial charge in [0.25, 0.3) is 0 Å². The van der Waals surface area contributed by atoms with Gasteiger partial charge in [0.05, 0.1) is 5.92 Å². The average Bonchev–Trinajstić information content (AvgIpc) is 2.47. The molecule has 0 bridgehead atoms. The Hall–Kier alpha value is -2.39. The summed E-state index contributed by atoms with van der Waals surface area (Å²) in [5, 5.41) is 20.1. The summed E-state index contributed by atoms with van der Waals surface area (Å²) in [6, 6.07) is 0.947. The molecule has 0 aromatic carbocycles. The molecule has 0 saturated heterocycles. The largest absolute Gasteiger partial charge is 0.481 e. The van der Waals surface area contributed by atoms with E-state index in [9.17, 15) is 22.8 Å². The third-order valence-corrected chi connectivity index (χ3v) is 3.61. The van der Waals surface area contributed by atoms with Gasteiger partial charge in [0.15, 0.2) is 11.5 Å². The second-order valence-corrected chi connectivity index (χ2v) is 5.29. The first-order chi connectivity index (χ1) is 10.8. The molecule has 2 rings (SSSR count). The van der Waals surface area contributed by atoms with Crippen LogP contribution in [-0.2, 0) is 11.0 Å². The fraction of sp³-hybridized carbons (Fsp3) is 0.538. The fourth-order valence-electron chi connectivity index (χ4n) is 2.37. The molecule has 0 atom stereocenters. The number of hydrogen-bond acceptors (Lipinski definition) is 4. The SMILES string of the molecule is O=C(Nc1ccc(C(F)(F)F)nn1)NC1CCC(C(=O)O)CC1. The molecule has 1 aromatic rings. The molecule has 2 amide bonds. The first kappa shape index (κ1) is 17.0. The number of rotatable bonds is 3. The molecule has 0 aliphatic heterocycles. The summed E-state index contributed by atoms with van der Waals surface area (Å²) in [5.74, 6) is -1.33. The minimum atomic E-state index is -4.59. The van der Waals surface area contributed by atoms with Gasteiger partial charge in [-0.05, 0) is 37.8 Å². The van der Waals surface area contributed by atoms with Crippen LogP contribution in [0.1, 0.15) is 31.4 Å². The first-order valence-corrected chi connectivity index (χ1v) is 6.97. The maximum absolute atomic E-state index is 12.3. The highest BCUT2D eigenvalue weighted by Gasteiger charge is 2.33. The zero-order chi connectivity index (χ0) is 17.0. The number of aromatic nitrogens is 2. The number of carboxylic acid groups (broad SMARTS) is 1. The highest BCUT2D eigenvalue weighted by Crippen LogP contribution is 2.27. The topological polar surface area (TPSA) is 104 Å². The lowest BCUT2D eigenvalue weighted by atomic mass is 9.86. The van der Waals surface area contributed by atoms with Crippen LogP contribution in [0.25, 0.3) is 0 Å². The van der Waals surface area contributed by atoms with Crippen molar-refractivity contribution in [3.63, 3.8) is 0 Å². The third kappa shape index (κ3) is 4.80. The molecular formula is C13H15F3N4O3. The van der Waals surface area contributed by atoms with Crippen LogP contribution in [0.15, 0.2) is 12.1 Å². The summed E-state index contributed by atoms with van der Waals surface area (Å²) in [6.45, 7) is 0. The van der Waals surface area contributed by atoms with E-state index in [1.165, 1.54) is 0 Å². The minimum Gasteiger partial charge on any atom is -0.481 e. The molecule has 1 aromatic heterocycles. The lowest BCUT2D eigenvalue weighted by molar-refractivity contribution is -0.143. The molecule has 126 valence electrons. The quantitative estimate of drug-likeness (QED) is 0.787. The summed E-state index contributed by atoms with van der Waals surface area (Å²) in [5.41, 5.74) is -1.14. The summed E-state index contributed by atoms with van der Waals surface area (Å²) in [7, 11) is 0. The minimum absolute atomic E-state index is 0.102. The van der Waals surface area contributed by atoms with Crippen LogP contribution in [0.3, 0.4) is 0 Å². The van der Waals surface area contributed by atoms with Crippen LogP contribution in [0.4, 0.5) is 23.8 Å². The van der Waals surface area contributed by atoms with Gasteiger partial charge in [-0.15, -0.1) is 10.2 Å². The Labute approximate surface area is 129 Å². The maximum atomic E-state index is 12.3. The fourth-order valence-corrected chi connectivity index (χ4v) is 2.37. The monoisotopic (exact) mass is 332 g/mol. The molecule has 1 saturated carbocycles. The van der Waals surface area contributed by atoms with Crippen molar-refractivity contribution in [2.75, 3.05) is 5.32 Å². The molecule has 10 heteroatoms. The van der Waals surface area contributed by atoms with Crippen molar-refractivity contribution in [3.8, 4) is 0 Å². The summed E-state index contributed by atoms with van der Waals surface area (Å²) < 4.78 is 37.0. The van der Waals surface area contributed by atoms with Gasteiger partial charge < -0.3 is 10.4 Å². The van der Waals surface area contributed by atoms with E-state index in [1.807, 2.05) is 0 Å². The van der Waals surface area contributed by atoms with Crippen molar-refractivity contribution < 1.29 is 27.9 Å². The van der Waals surface area contributed by atoms with Gasteiger partial charge >= 0.3 is 18.2 Å². The second-order valence-electron chi connectivity index (χ2n) is 5.29. The van der Waals surface area contributed by atoms with Crippen LogP contribution in [0.5, 0.6) is 0 Å². The Balaban J connectivity index is 1.82. The average molecular weight is 332 g/mol. The lowest BCUT2D eigenvalue weighted by Crippen LogP contribution is -2.41. The number of carbonyl (C=O) groups excluding carboxylic acids is 1. The smallest absolute Gasteiger partial charge is 0.435 e. The van der Waals surface area contributed by atoms with Crippen LogP contribution < -0.4 is 10.6 Å². The molecule has 0 radical (unpaired) electrons. The number of nitrogens with one attached hydrogen (secondary N) is 2. The van der Waals surface area contributed by atoms with Gasteiger partial charge in [0.1, 0.15) is 0 Å². The molecule has 1 aliphatic carbocycles. The second kappa shape index (κ2) is 6.80. The van der Waals surface area contributed by atoms with Crippen molar-refractivity contribution in [2.24, 2.45) is 5.92 Å². The molecule has 0 unspecified atom stereocenters. The molecule has 0 spiro atoms. The molecule has 1 heterocycles. The van der Waals surface area contributed by atoms with Gasteiger partial charge in [-0.25, -0.2) is 4.79 Å². The Bertz CT molecular complexity index is 569. The molecule has 3 N–H and O–H groups in total. The maximum Gasteiger partial charge on any atom is 0.435 e. The Morgan fingerprint density at radius 1 is 1.13 bits per heavy atom. The van der Waals surface area contributed by atoms with E-state index < -0.39 is 29.8 Å². The van der Waals surface area contributed by atoms with Crippen molar-refractivity contribution in [1.82, 2.24) is 15.5 Å². The number of halogens is 3. The van der Waals surface area contributed by atoms with E-state index in [4.69, 9.17) is 5.11 Å². The number of aliphatic carboxylic acids is 1. The number of carboxylic acids is 1. The highest BCUT2D eigenvalue weighted by atomic mass is 19.4. The highest BCUT2D eigenvalue weighted by molar-refractivity contribution is 5.88. The van der Waals surface area contributed by atoms with E-state index in [2.05, 4.69) is 20.8 Å². The standard InChI is InChI=1S/C13H15F3N4O3/c14-13(15,16)9-5-6-10(20-19-9)18-12(23)17-8-3-1-7(2-4-8)11(21)22/h5-8H,1-4H2,(H,21,22)(H2,17,18,20,23). The van der Waals surface area contributed by atoms with Crippen LogP contribution in [0.2, 0.25) is 0 Å². The van der Waals surface area contributed by atoms with Crippen LogP contribution in [0, 0.1) is 5.92 Å². The van der Waals surface area contributed by atoms with E-state index >= 15 is 0 Å². The van der Waals surface area contributed by atoms with Crippen molar-refractivity contribution >= 4 is 17.8 Å². The van der Waals surface area contributed by atoms with Crippen LogP contribution in [-0.4, -0.2) is 33.3 Å². The number of anilines is 1. The third-order valence-electron chi connectivity index (χ3n) is 3.61. The Morgan fingerprint density at radius 3 is 2.26 bits per heavy atom. The first-order valence-electron chi connectivity index (χ1n) is 6.97. The normalized spacial score (nSPS) is 21.5. The molecular weight excluding hydrogens is 317 g/mol. The lowest BCUT2D eigenvalue weighted by Gasteiger charge is -2.26. The predicted octanol–water partition coefficient (Wildman–Crippen LogP) is 2.26.